The fourth-order valence-corrected chi connectivity index (χ4v) is 1.92. The first-order chi connectivity index (χ1) is 11.5. The van der Waals surface area contributed by atoms with E-state index in [2.05, 4.69) is 10.3 Å². The molecule has 0 aliphatic heterocycles. The zero-order chi connectivity index (χ0) is 19.2. The van der Waals surface area contributed by atoms with Gasteiger partial charge in [-0.05, 0) is 6.07 Å². The monoisotopic (exact) mass is 383 g/mol. The molecule has 1 unspecified atom stereocenters. The van der Waals surface area contributed by atoms with Crippen LogP contribution in [0.5, 0.6) is 5.88 Å². The van der Waals surface area contributed by atoms with Gasteiger partial charge < -0.3 is 20.1 Å². The summed E-state index contributed by atoms with van der Waals surface area (Å²) in [4.78, 5) is 27.1. The molecule has 2 N–H and O–H groups in total. The summed E-state index contributed by atoms with van der Waals surface area (Å²) in [5.41, 5.74) is -0.993. The summed E-state index contributed by atoms with van der Waals surface area (Å²) in [6.07, 6.45) is -3.96. The molecular weight excluding hydrogens is 367 g/mol. The average molecular weight is 384 g/mol. The lowest BCUT2D eigenvalue weighted by Crippen LogP contribution is -2.42. The van der Waals surface area contributed by atoms with Crippen LogP contribution in [0.4, 0.5) is 18.0 Å². The van der Waals surface area contributed by atoms with Crippen LogP contribution in [0.25, 0.3) is 0 Å². The van der Waals surface area contributed by atoms with Crippen LogP contribution in [0.2, 0.25) is 5.02 Å². The number of ether oxygens (including phenoxy) is 1. The fraction of sp³-hybridized carbons (Fsp3) is 0.500. The third-order valence-electron chi connectivity index (χ3n) is 3.07. The maximum Gasteiger partial charge on any atom is 0.417 e. The molecule has 0 saturated heterocycles. The molecule has 0 spiro atoms. The van der Waals surface area contributed by atoms with Crippen molar-refractivity contribution < 1.29 is 32.6 Å². The van der Waals surface area contributed by atoms with Crippen molar-refractivity contribution in [3.05, 3.63) is 22.8 Å². The van der Waals surface area contributed by atoms with Crippen molar-refractivity contribution in [2.75, 3.05) is 26.7 Å². The standard InChI is InChI=1S/C14H17ClF3N3O4/c1-8(12(22)23)7-21(2)13(24)19-3-4-25-11-10(15)5-9(6-20-11)14(16,17)18/h5-6,8H,3-4,7H2,1-2H3,(H,19,24)(H,22,23). The molecule has 0 aliphatic rings. The van der Waals surface area contributed by atoms with Gasteiger partial charge in [-0.1, -0.05) is 18.5 Å². The van der Waals surface area contributed by atoms with Crippen LogP contribution in [0, 0.1) is 5.92 Å². The molecular formula is C14H17ClF3N3O4. The molecule has 0 aromatic carbocycles. The van der Waals surface area contributed by atoms with Gasteiger partial charge in [0.1, 0.15) is 11.6 Å². The van der Waals surface area contributed by atoms with Crippen LogP contribution in [0.3, 0.4) is 0 Å². The molecule has 0 bridgehead atoms. The Morgan fingerprint density at radius 2 is 2.12 bits per heavy atom. The van der Waals surface area contributed by atoms with Crippen molar-refractivity contribution in [3.8, 4) is 5.88 Å². The summed E-state index contributed by atoms with van der Waals surface area (Å²) in [6.45, 7) is 1.44. The molecule has 25 heavy (non-hydrogen) atoms. The minimum Gasteiger partial charge on any atom is -0.481 e. The number of nitrogens with zero attached hydrogens (tertiary/aromatic N) is 2. The quantitative estimate of drug-likeness (QED) is 0.706. The highest BCUT2D eigenvalue weighted by atomic mass is 35.5. The summed E-state index contributed by atoms with van der Waals surface area (Å²) in [5.74, 6) is -1.93. The Morgan fingerprint density at radius 1 is 1.48 bits per heavy atom. The maximum atomic E-state index is 12.5. The molecule has 7 nitrogen and oxygen atoms in total. The molecule has 11 heteroatoms. The number of aromatic nitrogens is 1. The first-order valence-corrected chi connectivity index (χ1v) is 7.47. The average Bonchev–Trinajstić information content (AvgIpc) is 2.51. The number of carbonyl (C=O) groups excluding carboxylic acids is 1. The smallest absolute Gasteiger partial charge is 0.417 e. The summed E-state index contributed by atoms with van der Waals surface area (Å²) in [6, 6.07) is 0.187. The molecule has 0 saturated carbocycles. The Balaban J connectivity index is 2.43. The van der Waals surface area contributed by atoms with E-state index >= 15 is 0 Å². The van der Waals surface area contributed by atoms with Gasteiger partial charge in [0.05, 0.1) is 18.0 Å². The highest BCUT2D eigenvalue weighted by molar-refractivity contribution is 6.31. The molecule has 1 heterocycles. The van der Waals surface area contributed by atoms with Gasteiger partial charge in [0, 0.05) is 19.8 Å². The number of carboxylic acids is 1. The third kappa shape index (κ3) is 6.65. The van der Waals surface area contributed by atoms with Crippen molar-refractivity contribution >= 4 is 23.6 Å². The van der Waals surface area contributed by atoms with Crippen molar-refractivity contribution in [1.29, 1.82) is 0 Å². The Kier molecular flexibility index (Phi) is 7.28. The predicted octanol–water partition coefficient (Wildman–Crippen LogP) is 2.49. The summed E-state index contributed by atoms with van der Waals surface area (Å²) < 4.78 is 42.6. The second-order valence-electron chi connectivity index (χ2n) is 5.21. The van der Waals surface area contributed by atoms with Crippen molar-refractivity contribution in [3.63, 3.8) is 0 Å². The third-order valence-corrected chi connectivity index (χ3v) is 3.34. The molecule has 0 aliphatic carbocycles. The summed E-state index contributed by atoms with van der Waals surface area (Å²) in [5, 5.41) is 11.0. The Hall–Kier alpha value is -2.23. The molecule has 0 radical (unpaired) electrons. The number of nitrogens with one attached hydrogen (secondary N) is 1. The number of urea groups is 1. The van der Waals surface area contributed by atoms with Gasteiger partial charge >= 0.3 is 18.2 Å². The molecule has 1 aromatic rings. The van der Waals surface area contributed by atoms with Gasteiger partial charge in [-0.15, -0.1) is 0 Å². The van der Waals surface area contributed by atoms with Gasteiger partial charge in [-0.3, -0.25) is 4.79 Å². The molecule has 2 amide bonds. The van der Waals surface area contributed by atoms with Gasteiger partial charge in [-0.2, -0.15) is 13.2 Å². The van der Waals surface area contributed by atoms with E-state index < -0.39 is 29.7 Å². The second kappa shape index (κ2) is 8.75. The van der Waals surface area contributed by atoms with Crippen LogP contribution < -0.4 is 10.1 Å². The topological polar surface area (TPSA) is 91.8 Å². The normalized spacial score (nSPS) is 12.4. The van der Waals surface area contributed by atoms with Crippen LogP contribution in [-0.4, -0.2) is 53.7 Å². The number of pyridine rings is 1. The van der Waals surface area contributed by atoms with E-state index in [1.807, 2.05) is 0 Å². The van der Waals surface area contributed by atoms with Crippen LogP contribution in [-0.2, 0) is 11.0 Å². The number of hydrogen-bond donors (Lipinski definition) is 2. The van der Waals surface area contributed by atoms with E-state index in [0.29, 0.717) is 12.3 Å². The van der Waals surface area contributed by atoms with Gasteiger partial charge in [-0.25, -0.2) is 9.78 Å². The Bertz CT molecular complexity index is 628. The van der Waals surface area contributed by atoms with E-state index in [1.165, 1.54) is 18.9 Å². The Labute approximate surface area is 146 Å². The van der Waals surface area contributed by atoms with Gasteiger partial charge in [0.15, 0.2) is 0 Å². The first kappa shape index (κ1) is 20.8. The molecule has 1 aromatic heterocycles. The van der Waals surface area contributed by atoms with Gasteiger partial charge in [0.25, 0.3) is 0 Å². The maximum absolute atomic E-state index is 12.5. The number of halogens is 4. The van der Waals surface area contributed by atoms with Crippen molar-refractivity contribution in [2.24, 2.45) is 5.92 Å². The summed E-state index contributed by atoms with van der Waals surface area (Å²) >= 11 is 5.68. The van der Waals surface area contributed by atoms with Crippen molar-refractivity contribution in [1.82, 2.24) is 15.2 Å². The number of hydrogen-bond acceptors (Lipinski definition) is 4. The Morgan fingerprint density at radius 3 is 2.64 bits per heavy atom. The highest BCUT2D eigenvalue weighted by Gasteiger charge is 2.31. The number of rotatable bonds is 7. The number of amides is 2. The second-order valence-corrected chi connectivity index (χ2v) is 5.62. The number of carboxylic acid groups (broad SMARTS) is 1. The first-order valence-electron chi connectivity index (χ1n) is 7.09. The summed E-state index contributed by atoms with van der Waals surface area (Å²) in [7, 11) is 1.43. The highest BCUT2D eigenvalue weighted by Crippen LogP contribution is 2.32. The largest absolute Gasteiger partial charge is 0.481 e. The number of carbonyl (C=O) groups is 2. The van der Waals surface area contributed by atoms with Crippen LogP contribution in [0.15, 0.2) is 12.3 Å². The number of aliphatic carboxylic acids is 1. The predicted molar refractivity (Wildman–Crippen MR) is 82.6 cm³/mol. The fourth-order valence-electron chi connectivity index (χ4n) is 1.70. The zero-order valence-electron chi connectivity index (χ0n) is 13.4. The zero-order valence-corrected chi connectivity index (χ0v) is 14.2. The van der Waals surface area contributed by atoms with E-state index in [4.69, 9.17) is 21.4 Å². The van der Waals surface area contributed by atoms with Crippen molar-refractivity contribution in [2.45, 2.75) is 13.1 Å². The SMILES string of the molecule is CC(CN(C)C(=O)NCCOc1ncc(C(F)(F)F)cc1Cl)C(=O)O. The molecule has 140 valence electrons. The van der Waals surface area contributed by atoms with Gasteiger partial charge in [0.2, 0.25) is 5.88 Å². The van der Waals surface area contributed by atoms with E-state index in [9.17, 15) is 22.8 Å². The van der Waals surface area contributed by atoms with Crippen LogP contribution in [0.1, 0.15) is 12.5 Å². The van der Waals surface area contributed by atoms with E-state index in [1.54, 1.807) is 0 Å². The molecule has 0 fully saturated rings. The minimum atomic E-state index is -4.55. The lowest BCUT2D eigenvalue weighted by molar-refractivity contribution is -0.141. The lowest BCUT2D eigenvalue weighted by atomic mass is 10.2. The van der Waals surface area contributed by atoms with E-state index in [0.717, 1.165) is 0 Å². The lowest BCUT2D eigenvalue weighted by Gasteiger charge is -2.20. The van der Waals surface area contributed by atoms with E-state index in [-0.39, 0.29) is 30.6 Å². The minimum absolute atomic E-state index is 0.0221. The molecule has 1 atom stereocenters. The van der Waals surface area contributed by atoms with Crippen LogP contribution >= 0.6 is 11.6 Å². The molecule has 1 rings (SSSR count). The number of alkyl halides is 3.